The van der Waals surface area contributed by atoms with Crippen molar-refractivity contribution in [3.8, 4) is 17.2 Å². The molecule has 0 saturated heterocycles. The molecule has 7 nitrogen and oxygen atoms in total. The first-order valence-corrected chi connectivity index (χ1v) is 12.0. The fourth-order valence-corrected chi connectivity index (χ4v) is 3.93. The number of benzene rings is 3. The van der Waals surface area contributed by atoms with Crippen LogP contribution in [0.1, 0.15) is 18.1 Å². The Morgan fingerprint density at radius 2 is 1.80 bits per heavy atom. The Morgan fingerprint density at radius 1 is 0.943 bits per heavy atom. The maximum absolute atomic E-state index is 10.4. The molecule has 0 aliphatic heterocycles. The number of ether oxygens (including phenoxy) is 3. The minimum atomic E-state index is -0.625. The summed E-state index contributed by atoms with van der Waals surface area (Å²) in [6.07, 6.45) is 2.19. The number of fused-ring (bicyclic) bond motifs is 1. The van der Waals surface area contributed by atoms with Gasteiger partial charge < -0.3 is 24.6 Å². The molecule has 7 heteroatoms. The number of aliphatic hydroxyl groups is 1. The van der Waals surface area contributed by atoms with Crippen LogP contribution in [0.5, 0.6) is 17.2 Å². The maximum atomic E-state index is 10.4. The highest BCUT2D eigenvalue weighted by Gasteiger charge is 2.11. The van der Waals surface area contributed by atoms with Gasteiger partial charge >= 0.3 is 0 Å². The van der Waals surface area contributed by atoms with E-state index in [4.69, 9.17) is 14.2 Å². The Bertz CT molecular complexity index is 1210. The zero-order valence-electron chi connectivity index (χ0n) is 20.3. The fourth-order valence-electron chi connectivity index (χ4n) is 3.93. The molecule has 0 bridgehead atoms. The lowest BCUT2D eigenvalue weighted by Gasteiger charge is -2.14. The van der Waals surface area contributed by atoms with Crippen molar-refractivity contribution in [2.45, 2.75) is 26.0 Å². The van der Waals surface area contributed by atoms with Crippen LogP contribution in [0, 0.1) is 0 Å². The number of nitrogens with zero attached hydrogens (tertiary/aromatic N) is 2. The molecule has 1 aromatic heterocycles. The molecule has 184 valence electrons. The number of nitrogens with one attached hydrogen (secondary N) is 1. The average Bonchev–Trinajstić information content (AvgIpc) is 3.29. The summed E-state index contributed by atoms with van der Waals surface area (Å²) in [5.74, 6) is 2.21. The Labute approximate surface area is 206 Å². The monoisotopic (exact) mass is 475 g/mol. The number of aliphatic hydroxyl groups excluding tert-OH is 1. The van der Waals surface area contributed by atoms with Gasteiger partial charge in [0.2, 0.25) is 0 Å². The molecule has 4 aromatic rings. The molecule has 0 aliphatic rings. The van der Waals surface area contributed by atoms with Crippen LogP contribution in [-0.4, -0.2) is 54.4 Å². The Morgan fingerprint density at radius 3 is 2.60 bits per heavy atom. The third-order valence-corrected chi connectivity index (χ3v) is 5.67. The van der Waals surface area contributed by atoms with Crippen molar-refractivity contribution in [3.05, 3.63) is 84.1 Å². The average molecular weight is 476 g/mol. The van der Waals surface area contributed by atoms with Gasteiger partial charge in [0.1, 0.15) is 18.5 Å². The summed E-state index contributed by atoms with van der Waals surface area (Å²) in [6, 6.07) is 22.0. The highest BCUT2D eigenvalue weighted by atomic mass is 16.5. The lowest BCUT2D eigenvalue weighted by atomic mass is 10.1. The first-order valence-electron chi connectivity index (χ1n) is 12.0. The normalized spacial score (nSPS) is 12.0. The summed E-state index contributed by atoms with van der Waals surface area (Å²) in [6.45, 7) is 4.61. The van der Waals surface area contributed by atoms with Gasteiger partial charge in [-0.15, -0.1) is 0 Å². The standard InChI is InChI=1S/C28H33N3O4/c1-3-34-28-16-21(12-13-27(28)33-2)14-15-29-17-23(32)20-35-26-11-7-10-25-24(26)19-31(30-25)18-22-8-5-4-6-9-22/h4-13,16,19,23,29,32H,3,14-15,17-18,20H2,1-2H3. The lowest BCUT2D eigenvalue weighted by molar-refractivity contribution is 0.107. The molecular formula is C28H33N3O4. The SMILES string of the molecule is CCOc1cc(CCNCC(O)COc2cccc3nn(Cc4ccccc4)cc23)ccc1OC. The highest BCUT2D eigenvalue weighted by Crippen LogP contribution is 2.28. The molecule has 0 aliphatic carbocycles. The number of aromatic nitrogens is 2. The second-order valence-corrected chi connectivity index (χ2v) is 8.34. The number of hydrogen-bond donors (Lipinski definition) is 2. The van der Waals surface area contributed by atoms with Gasteiger partial charge in [-0.3, -0.25) is 4.68 Å². The van der Waals surface area contributed by atoms with E-state index in [1.165, 1.54) is 5.56 Å². The maximum Gasteiger partial charge on any atom is 0.161 e. The molecule has 0 fully saturated rings. The molecular weight excluding hydrogens is 442 g/mol. The molecule has 3 aromatic carbocycles. The van der Waals surface area contributed by atoms with Crippen LogP contribution in [0.3, 0.4) is 0 Å². The van der Waals surface area contributed by atoms with E-state index >= 15 is 0 Å². The topological polar surface area (TPSA) is 77.8 Å². The minimum absolute atomic E-state index is 0.201. The van der Waals surface area contributed by atoms with E-state index < -0.39 is 6.10 Å². The quantitative estimate of drug-likeness (QED) is 0.284. The van der Waals surface area contributed by atoms with Crippen LogP contribution in [-0.2, 0) is 13.0 Å². The van der Waals surface area contributed by atoms with E-state index in [1.54, 1.807) is 7.11 Å². The lowest BCUT2D eigenvalue weighted by Crippen LogP contribution is -2.32. The molecule has 2 N–H and O–H groups in total. The summed E-state index contributed by atoms with van der Waals surface area (Å²) < 4.78 is 18.8. The molecule has 1 unspecified atom stereocenters. The Kier molecular flexibility index (Phi) is 8.59. The molecule has 0 saturated carbocycles. The van der Waals surface area contributed by atoms with E-state index in [9.17, 15) is 5.11 Å². The summed E-state index contributed by atoms with van der Waals surface area (Å²) in [4.78, 5) is 0. The van der Waals surface area contributed by atoms with E-state index in [0.717, 1.165) is 46.7 Å². The van der Waals surface area contributed by atoms with Crippen molar-refractivity contribution >= 4 is 10.9 Å². The Hall–Kier alpha value is -3.55. The van der Waals surface area contributed by atoms with Gasteiger partial charge in [0.05, 0.1) is 31.2 Å². The van der Waals surface area contributed by atoms with E-state index in [1.807, 2.05) is 72.4 Å². The molecule has 1 heterocycles. The van der Waals surface area contributed by atoms with Crippen LogP contribution >= 0.6 is 0 Å². The first-order chi connectivity index (χ1) is 17.2. The van der Waals surface area contributed by atoms with Crippen molar-refractivity contribution in [1.82, 2.24) is 15.1 Å². The fraction of sp³-hybridized carbons (Fsp3) is 0.321. The van der Waals surface area contributed by atoms with Crippen molar-refractivity contribution in [1.29, 1.82) is 0 Å². The van der Waals surface area contributed by atoms with Crippen LogP contribution in [0.2, 0.25) is 0 Å². The molecule has 0 amide bonds. The minimum Gasteiger partial charge on any atom is -0.493 e. The summed E-state index contributed by atoms with van der Waals surface area (Å²) in [5, 5.41) is 19.3. The van der Waals surface area contributed by atoms with Crippen LogP contribution in [0.25, 0.3) is 10.9 Å². The van der Waals surface area contributed by atoms with Gasteiger partial charge in [-0.2, -0.15) is 5.10 Å². The van der Waals surface area contributed by atoms with Gasteiger partial charge in [0.25, 0.3) is 0 Å². The van der Waals surface area contributed by atoms with Crippen LogP contribution in [0.4, 0.5) is 0 Å². The number of hydrogen-bond acceptors (Lipinski definition) is 6. The van der Waals surface area contributed by atoms with Crippen molar-refractivity contribution in [2.75, 3.05) is 33.4 Å². The second kappa shape index (κ2) is 12.2. The summed E-state index contributed by atoms with van der Waals surface area (Å²) >= 11 is 0. The highest BCUT2D eigenvalue weighted by molar-refractivity contribution is 5.84. The zero-order valence-corrected chi connectivity index (χ0v) is 20.3. The molecule has 0 radical (unpaired) electrons. The molecule has 4 rings (SSSR count). The summed E-state index contributed by atoms with van der Waals surface area (Å²) in [5.41, 5.74) is 3.21. The molecule has 35 heavy (non-hydrogen) atoms. The number of rotatable bonds is 13. The molecule has 0 spiro atoms. The van der Waals surface area contributed by atoms with Crippen molar-refractivity contribution in [3.63, 3.8) is 0 Å². The van der Waals surface area contributed by atoms with E-state index in [0.29, 0.717) is 19.7 Å². The smallest absolute Gasteiger partial charge is 0.161 e. The Balaban J connectivity index is 1.25. The van der Waals surface area contributed by atoms with E-state index in [2.05, 4.69) is 22.5 Å². The third-order valence-electron chi connectivity index (χ3n) is 5.67. The van der Waals surface area contributed by atoms with Gasteiger partial charge in [0, 0.05) is 12.7 Å². The first kappa shape index (κ1) is 24.6. The largest absolute Gasteiger partial charge is 0.493 e. The summed E-state index contributed by atoms with van der Waals surface area (Å²) in [7, 11) is 1.64. The molecule has 1 atom stereocenters. The van der Waals surface area contributed by atoms with Gasteiger partial charge in [0.15, 0.2) is 11.5 Å². The van der Waals surface area contributed by atoms with Crippen LogP contribution in [0.15, 0.2) is 72.9 Å². The van der Waals surface area contributed by atoms with Crippen molar-refractivity contribution < 1.29 is 19.3 Å². The third kappa shape index (κ3) is 6.74. The van der Waals surface area contributed by atoms with Crippen LogP contribution < -0.4 is 19.5 Å². The van der Waals surface area contributed by atoms with Gasteiger partial charge in [-0.1, -0.05) is 42.5 Å². The second-order valence-electron chi connectivity index (χ2n) is 8.34. The van der Waals surface area contributed by atoms with Gasteiger partial charge in [-0.05, 0) is 55.3 Å². The zero-order chi connectivity index (χ0) is 24.5. The van der Waals surface area contributed by atoms with Crippen molar-refractivity contribution in [2.24, 2.45) is 0 Å². The number of methoxy groups -OCH3 is 1. The predicted octanol–water partition coefficient (Wildman–Crippen LogP) is 4.06. The van der Waals surface area contributed by atoms with Gasteiger partial charge in [-0.25, -0.2) is 0 Å². The predicted molar refractivity (Wildman–Crippen MR) is 138 cm³/mol. The van der Waals surface area contributed by atoms with E-state index in [-0.39, 0.29) is 6.61 Å².